The summed E-state index contributed by atoms with van der Waals surface area (Å²) in [6.45, 7) is 3.22. The van der Waals surface area contributed by atoms with Gasteiger partial charge in [-0.2, -0.15) is 0 Å². The summed E-state index contributed by atoms with van der Waals surface area (Å²) in [6, 6.07) is 27.9. The van der Waals surface area contributed by atoms with Crippen molar-refractivity contribution < 1.29 is 14.3 Å². The average Bonchev–Trinajstić information content (AvgIpc) is 3.11. The Bertz CT molecular complexity index is 1170. The summed E-state index contributed by atoms with van der Waals surface area (Å²) in [5, 5.41) is 0. The Labute approximate surface area is 213 Å². The van der Waals surface area contributed by atoms with Crippen LogP contribution in [0.15, 0.2) is 84.9 Å². The number of benzene rings is 3. The van der Waals surface area contributed by atoms with Gasteiger partial charge in [-0.3, -0.25) is 14.6 Å². The molecule has 1 spiro atoms. The fourth-order valence-electron chi connectivity index (χ4n) is 5.44. The number of piperidine rings is 1. The highest BCUT2D eigenvalue weighted by molar-refractivity contribution is 6.07. The predicted octanol–water partition coefficient (Wildman–Crippen LogP) is 4.74. The van der Waals surface area contributed by atoms with Gasteiger partial charge in [0.2, 0.25) is 0 Å². The minimum atomic E-state index is -0.767. The summed E-state index contributed by atoms with van der Waals surface area (Å²) in [7, 11) is 1.67. The zero-order valence-electron chi connectivity index (χ0n) is 20.8. The predicted molar refractivity (Wildman–Crippen MR) is 139 cm³/mol. The molecule has 0 atom stereocenters. The molecular weight excluding hydrogens is 450 g/mol. The van der Waals surface area contributed by atoms with Crippen molar-refractivity contribution in [3.63, 3.8) is 0 Å². The monoisotopic (exact) mass is 483 g/mol. The first-order chi connectivity index (χ1) is 17.6. The van der Waals surface area contributed by atoms with Crippen LogP contribution in [0.1, 0.15) is 29.5 Å². The topological polar surface area (TPSA) is 53.1 Å². The van der Waals surface area contributed by atoms with Gasteiger partial charge in [-0.1, -0.05) is 72.8 Å². The lowest BCUT2D eigenvalue weighted by Gasteiger charge is -2.42. The van der Waals surface area contributed by atoms with Gasteiger partial charge in [0, 0.05) is 26.2 Å². The molecule has 0 unspecified atom stereocenters. The number of rotatable bonds is 8. The van der Waals surface area contributed by atoms with E-state index >= 15 is 0 Å². The van der Waals surface area contributed by atoms with Crippen molar-refractivity contribution in [3.05, 3.63) is 102 Å². The fourth-order valence-corrected chi connectivity index (χ4v) is 5.44. The minimum absolute atomic E-state index is 0.0477. The molecule has 5 rings (SSSR count). The molecule has 6 nitrogen and oxygen atoms in total. The van der Waals surface area contributed by atoms with Gasteiger partial charge in [0.1, 0.15) is 11.3 Å². The molecule has 3 aromatic rings. The van der Waals surface area contributed by atoms with Crippen molar-refractivity contribution >= 4 is 11.9 Å². The zero-order valence-corrected chi connectivity index (χ0v) is 20.8. The van der Waals surface area contributed by atoms with E-state index in [0.29, 0.717) is 25.9 Å². The summed E-state index contributed by atoms with van der Waals surface area (Å²) >= 11 is 0. The molecule has 0 aromatic heterocycles. The molecule has 186 valence electrons. The molecular formula is C30H33N3O3. The first-order valence-corrected chi connectivity index (χ1v) is 12.7. The molecule has 3 aromatic carbocycles. The smallest absolute Gasteiger partial charge is 0.328 e. The van der Waals surface area contributed by atoms with E-state index in [9.17, 15) is 9.59 Å². The van der Waals surface area contributed by atoms with E-state index < -0.39 is 5.54 Å². The van der Waals surface area contributed by atoms with Crippen molar-refractivity contribution in [2.75, 3.05) is 26.7 Å². The van der Waals surface area contributed by atoms with Gasteiger partial charge in [0.05, 0.1) is 13.7 Å². The van der Waals surface area contributed by atoms with Crippen molar-refractivity contribution in [1.29, 1.82) is 0 Å². The van der Waals surface area contributed by atoms with Crippen molar-refractivity contribution in [3.8, 4) is 5.75 Å². The standard InChI is InChI=1S/C30H33N3O3/c1-36-27-14-12-26(13-15-27)22-31-20-17-30(18-21-31)28(34)32(23-25-10-6-3-7-11-25)29(35)33(30)19-16-24-8-4-2-5-9-24/h2-15H,16-23H2,1H3. The van der Waals surface area contributed by atoms with Crippen LogP contribution in [0.2, 0.25) is 0 Å². The van der Waals surface area contributed by atoms with Gasteiger partial charge in [-0.25, -0.2) is 4.79 Å². The Morgan fingerprint density at radius 3 is 1.94 bits per heavy atom. The molecule has 2 fully saturated rings. The van der Waals surface area contributed by atoms with Crippen molar-refractivity contribution in [2.45, 2.75) is 37.9 Å². The van der Waals surface area contributed by atoms with Gasteiger partial charge >= 0.3 is 6.03 Å². The lowest BCUT2D eigenvalue weighted by molar-refractivity contribution is -0.136. The van der Waals surface area contributed by atoms with Crippen LogP contribution in [0.4, 0.5) is 4.79 Å². The molecule has 2 aliphatic heterocycles. The van der Waals surface area contributed by atoms with E-state index in [1.807, 2.05) is 65.6 Å². The summed E-state index contributed by atoms with van der Waals surface area (Å²) in [4.78, 5) is 33.3. The number of hydrogen-bond donors (Lipinski definition) is 0. The fraction of sp³-hybridized carbons (Fsp3) is 0.333. The number of urea groups is 1. The highest BCUT2D eigenvalue weighted by atomic mass is 16.5. The summed E-state index contributed by atoms with van der Waals surface area (Å²) < 4.78 is 5.27. The second-order valence-corrected chi connectivity index (χ2v) is 9.70. The summed E-state index contributed by atoms with van der Waals surface area (Å²) in [5.74, 6) is 0.799. The Kier molecular flexibility index (Phi) is 7.05. The maximum atomic E-state index is 13.9. The largest absolute Gasteiger partial charge is 0.497 e. The zero-order chi connectivity index (χ0) is 25.0. The number of amides is 3. The highest BCUT2D eigenvalue weighted by Gasteiger charge is 2.57. The van der Waals surface area contributed by atoms with Gasteiger partial charge in [-0.15, -0.1) is 0 Å². The van der Waals surface area contributed by atoms with Crippen LogP contribution in [0.3, 0.4) is 0 Å². The molecule has 0 radical (unpaired) electrons. The number of carbonyl (C=O) groups excluding carboxylic acids is 2. The van der Waals surface area contributed by atoms with Gasteiger partial charge < -0.3 is 9.64 Å². The highest BCUT2D eigenvalue weighted by Crippen LogP contribution is 2.38. The van der Waals surface area contributed by atoms with Gasteiger partial charge in [-0.05, 0) is 48.1 Å². The van der Waals surface area contributed by atoms with Crippen LogP contribution < -0.4 is 4.74 Å². The third kappa shape index (κ3) is 4.86. The molecule has 36 heavy (non-hydrogen) atoms. The van der Waals surface area contributed by atoms with E-state index in [1.54, 1.807) is 7.11 Å². The van der Waals surface area contributed by atoms with E-state index in [-0.39, 0.29) is 11.9 Å². The molecule has 0 saturated carbocycles. The summed E-state index contributed by atoms with van der Waals surface area (Å²) in [5.41, 5.74) is 2.59. The Hall–Kier alpha value is -3.64. The van der Waals surface area contributed by atoms with E-state index in [4.69, 9.17) is 4.74 Å². The molecule has 2 heterocycles. The third-order valence-electron chi connectivity index (χ3n) is 7.52. The number of nitrogens with zero attached hydrogens (tertiary/aromatic N) is 3. The van der Waals surface area contributed by atoms with Crippen molar-refractivity contribution in [2.24, 2.45) is 0 Å². The molecule has 0 aliphatic carbocycles. The third-order valence-corrected chi connectivity index (χ3v) is 7.52. The first-order valence-electron chi connectivity index (χ1n) is 12.7. The van der Waals surface area contributed by atoms with Crippen LogP contribution in [0.5, 0.6) is 5.75 Å². The second kappa shape index (κ2) is 10.5. The normalized spacial score (nSPS) is 17.7. The number of ether oxygens (including phenoxy) is 1. The van der Waals surface area contributed by atoms with E-state index in [0.717, 1.165) is 37.4 Å². The summed E-state index contributed by atoms with van der Waals surface area (Å²) in [6.07, 6.45) is 2.03. The quantitative estimate of drug-likeness (QED) is 0.435. The molecule has 3 amide bonds. The van der Waals surface area contributed by atoms with E-state index in [2.05, 4.69) is 29.2 Å². The second-order valence-electron chi connectivity index (χ2n) is 9.70. The SMILES string of the molecule is COc1ccc(CN2CCC3(CC2)C(=O)N(Cc2ccccc2)C(=O)N3CCc2ccccc2)cc1. The van der Waals surface area contributed by atoms with E-state index in [1.165, 1.54) is 16.0 Å². The van der Waals surface area contributed by atoms with Crippen LogP contribution in [0, 0.1) is 0 Å². The number of carbonyl (C=O) groups is 2. The molecule has 0 bridgehead atoms. The van der Waals surface area contributed by atoms with Gasteiger partial charge in [0.25, 0.3) is 5.91 Å². The van der Waals surface area contributed by atoms with Crippen molar-refractivity contribution in [1.82, 2.24) is 14.7 Å². The number of imide groups is 1. The Morgan fingerprint density at radius 2 is 1.33 bits per heavy atom. The maximum Gasteiger partial charge on any atom is 0.328 e. The number of methoxy groups -OCH3 is 1. The minimum Gasteiger partial charge on any atom is -0.497 e. The lowest BCUT2D eigenvalue weighted by Crippen LogP contribution is -2.56. The van der Waals surface area contributed by atoms with Crippen LogP contribution >= 0.6 is 0 Å². The van der Waals surface area contributed by atoms with Crippen LogP contribution in [-0.4, -0.2) is 58.9 Å². The first kappa shape index (κ1) is 24.1. The molecule has 6 heteroatoms. The van der Waals surface area contributed by atoms with Crippen LogP contribution in [0.25, 0.3) is 0 Å². The molecule has 0 N–H and O–H groups in total. The average molecular weight is 484 g/mol. The maximum absolute atomic E-state index is 13.9. The Morgan fingerprint density at radius 1 is 0.750 bits per heavy atom. The Balaban J connectivity index is 1.33. The van der Waals surface area contributed by atoms with Crippen LogP contribution in [-0.2, 0) is 24.3 Å². The molecule has 2 saturated heterocycles. The lowest BCUT2D eigenvalue weighted by atomic mass is 9.85. The number of likely N-dealkylation sites (tertiary alicyclic amines) is 1. The van der Waals surface area contributed by atoms with Gasteiger partial charge in [0.15, 0.2) is 0 Å². The molecule has 2 aliphatic rings. The number of hydrogen-bond acceptors (Lipinski definition) is 4.